The van der Waals surface area contributed by atoms with Crippen molar-refractivity contribution in [1.82, 2.24) is 5.32 Å². The predicted octanol–water partition coefficient (Wildman–Crippen LogP) is 1.27. The van der Waals surface area contributed by atoms with E-state index in [0.717, 1.165) is 6.92 Å². The van der Waals surface area contributed by atoms with E-state index in [-0.39, 0.29) is 12.4 Å². The second kappa shape index (κ2) is 9.72. The Morgan fingerprint density at radius 1 is 1.27 bits per heavy atom. The van der Waals surface area contributed by atoms with Gasteiger partial charge in [0.05, 0.1) is 0 Å². The third-order valence-electron chi connectivity index (χ3n) is 1.21. The van der Waals surface area contributed by atoms with Gasteiger partial charge < -0.3 is 10.4 Å². The van der Waals surface area contributed by atoms with Crippen LogP contribution in [0.3, 0.4) is 0 Å². The Labute approximate surface area is 73.6 Å². The largest absolute Gasteiger partial charge is 0.481 e. The Bertz CT molecular complexity index is 78.9. The van der Waals surface area contributed by atoms with Gasteiger partial charge in [0.1, 0.15) is 0 Å². The highest BCUT2D eigenvalue weighted by Crippen LogP contribution is 1.96. The summed E-state index contributed by atoms with van der Waals surface area (Å²) in [6.07, 6.45) is 4.22. The van der Waals surface area contributed by atoms with Crippen LogP contribution in [0.4, 0.5) is 0 Å². The number of nitrogens with one attached hydrogen (secondary N) is 1. The fourth-order valence-electron chi connectivity index (χ4n) is 0.802. The smallest absolute Gasteiger partial charge is 0.300 e. The maximum Gasteiger partial charge on any atom is 0.300 e. The molecule has 68 valence electrons. The number of aliphatic carboxylic acids is 1. The van der Waals surface area contributed by atoms with E-state index >= 15 is 0 Å². The van der Waals surface area contributed by atoms with Gasteiger partial charge in [-0.3, -0.25) is 4.79 Å². The summed E-state index contributed by atoms with van der Waals surface area (Å²) in [6.45, 7) is 3.58. The van der Waals surface area contributed by atoms with E-state index in [4.69, 9.17) is 9.90 Å². The molecule has 1 saturated heterocycles. The molecule has 0 spiro atoms. The molecular weight excluding hydrogens is 166 g/mol. The van der Waals surface area contributed by atoms with E-state index in [0.29, 0.717) is 0 Å². The fourth-order valence-corrected chi connectivity index (χ4v) is 0.802. The molecule has 3 nitrogen and oxygen atoms in total. The fraction of sp³-hybridized carbons (Fsp3) is 0.857. The number of carbonyl (C=O) groups is 1. The quantitative estimate of drug-likeness (QED) is 0.592. The number of carboxylic acid groups (broad SMARTS) is 1. The van der Waals surface area contributed by atoms with Crippen LogP contribution >= 0.6 is 12.4 Å². The molecule has 0 aromatic rings. The molecule has 0 atom stereocenters. The average Bonchev–Trinajstić information content (AvgIpc) is 1.90. The molecule has 1 aliphatic rings. The molecule has 0 aromatic carbocycles. The zero-order chi connectivity index (χ0) is 7.82. The van der Waals surface area contributed by atoms with Gasteiger partial charge in [-0.25, -0.2) is 0 Å². The molecule has 1 heterocycles. The standard InChI is InChI=1S/C5H11N.C2H4O2.ClH/c1-2-4-6-5-3-1;1-2(3)4;/h6H,1-5H2;1H3,(H,3,4);1H. The summed E-state index contributed by atoms with van der Waals surface area (Å²) < 4.78 is 0. The molecule has 0 aliphatic carbocycles. The van der Waals surface area contributed by atoms with Gasteiger partial charge >= 0.3 is 0 Å². The lowest BCUT2D eigenvalue weighted by molar-refractivity contribution is -0.134. The highest BCUT2D eigenvalue weighted by molar-refractivity contribution is 5.85. The van der Waals surface area contributed by atoms with Crippen LogP contribution in [-0.2, 0) is 4.79 Å². The van der Waals surface area contributed by atoms with Gasteiger partial charge in [0.2, 0.25) is 0 Å². The Kier molecular flexibility index (Phi) is 11.8. The van der Waals surface area contributed by atoms with Crippen molar-refractivity contribution in [1.29, 1.82) is 0 Å². The van der Waals surface area contributed by atoms with Crippen molar-refractivity contribution < 1.29 is 9.90 Å². The second-order valence-electron chi connectivity index (χ2n) is 2.33. The summed E-state index contributed by atoms with van der Waals surface area (Å²) >= 11 is 0. The van der Waals surface area contributed by atoms with Crippen molar-refractivity contribution in [3.05, 3.63) is 0 Å². The molecule has 0 bridgehead atoms. The minimum Gasteiger partial charge on any atom is -0.481 e. The maximum atomic E-state index is 9.00. The SMILES string of the molecule is C1CCNCC1.CC(=O)O.Cl. The number of rotatable bonds is 0. The first kappa shape index (κ1) is 13.3. The molecule has 0 saturated carbocycles. The highest BCUT2D eigenvalue weighted by Gasteiger charge is 1.93. The van der Waals surface area contributed by atoms with Gasteiger partial charge in [-0.1, -0.05) is 6.42 Å². The summed E-state index contributed by atoms with van der Waals surface area (Å²) in [4.78, 5) is 9.00. The number of halogens is 1. The molecule has 1 fully saturated rings. The van der Waals surface area contributed by atoms with Gasteiger partial charge in [0, 0.05) is 6.92 Å². The minimum atomic E-state index is -0.833. The number of hydrogen-bond donors (Lipinski definition) is 2. The Morgan fingerprint density at radius 3 is 1.73 bits per heavy atom. The highest BCUT2D eigenvalue weighted by atomic mass is 35.5. The molecule has 0 amide bonds. The van der Waals surface area contributed by atoms with Crippen molar-refractivity contribution in [3.63, 3.8) is 0 Å². The van der Waals surface area contributed by atoms with Crippen LogP contribution < -0.4 is 5.32 Å². The van der Waals surface area contributed by atoms with E-state index in [1.165, 1.54) is 32.4 Å². The molecule has 0 aromatic heterocycles. The first-order chi connectivity index (χ1) is 4.73. The first-order valence-electron chi connectivity index (χ1n) is 3.63. The van der Waals surface area contributed by atoms with Crippen LogP contribution in [0.1, 0.15) is 26.2 Å². The Hall–Kier alpha value is -0.280. The predicted molar refractivity (Wildman–Crippen MR) is 47.3 cm³/mol. The van der Waals surface area contributed by atoms with Crippen LogP contribution in [0.5, 0.6) is 0 Å². The molecule has 2 N–H and O–H groups in total. The Balaban J connectivity index is 0. The van der Waals surface area contributed by atoms with Crippen molar-refractivity contribution in [2.24, 2.45) is 0 Å². The minimum absolute atomic E-state index is 0. The average molecular weight is 182 g/mol. The monoisotopic (exact) mass is 181 g/mol. The number of hydrogen-bond acceptors (Lipinski definition) is 2. The van der Waals surface area contributed by atoms with Gasteiger partial charge in [0.15, 0.2) is 0 Å². The molecular formula is C7H16ClNO2. The van der Waals surface area contributed by atoms with Gasteiger partial charge in [0.25, 0.3) is 5.97 Å². The van der Waals surface area contributed by atoms with E-state index < -0.39 is 5.97 Å². The van der Waals surface area contributed by atoms with Gasteiger partial charge in [-0.05, 0) is 25.9 Å². The molecule has 4 heteroatoms. The van der Waals surface area contributed by atoms with Gasteiger partial charge in [-0.2, -0.15) is 0 Å². The topological polar surface area (TPSA) is 49.3 Å². The second-order valence-corrected chi connectivity index (χ2v) is 2.33. The van der Waals surface area contributed by atoms with Gasteiger partial charge in [-0.15, -0.1) is 12.4 Å². The lowest BCUT2D eigenvalue weighted by atomic mass is 10.2. The summed E-state index contributed by atoms with van der Waals surface area (Å²) in [7, 11) is 0. The lowest BCUT2D eigenvalue weighted by Gasteiger charge is -2.08. The number of piperidine rings is 1. The summed E-state index contributed by atoms with van der Waals surface area (Å²) in [6, 6.07) is 0. The molecule has 11 heavy (non-hydrogen) atoms. The molecule has 0 radical (unpaired) electrons. The van der Waals surface area contributed by atoms with E-state index in [1.807, 2.05) is 0 Å². The summed E-state index contributed by atoms with van der Waals surface area (Å²) in [5, 5.41) is 10.7. The van der Waals surface area contributed by atoms with Crippen LogP contribution in [-0.4, -0.2) is 24.2 Å². The summed E-state index contributed by atoms with van der Waals surface area (Å²) in [5.41, 5.74) is 0. The normalized spacial score (nSPS) is 15.4. The van der Waals surface area contributed by atoms with Crippen molar-refractivity contribution in [3.8, 4) is 0 Å². The third kappa shape index (κ3) is 17.7. The van der Waals surface area contributed by atoms with Crippen LogP contribution in [0, 0.1) is 0 Å². The maximum absolute atomic E-state index is 9.00. The first-order valence-corrected chi connectivity index (χ1v) is 3.63. The summed E-state index contributed by atoms with van der Waals surface area (Å²) in [5.74, 6) is -0.833. The van der Waals surface area contributed by atoms with Crippen molar-refractivity contribution in [2.45, 2.75) is 26.2 Å². The number of carboxylic acids is 1. The van der Waals surface area contributed by atoms with E-state index in [1.54, 1.807) is 0 Å². The van der Waals surface area contributed by atoms with Crippen molar-refractivity contribution in [2.75, 3.05) is 13.1 Å². The van der Waals surface area contributed by atoms with Crippen LogP contribution in [0.25, 0.3) is 0 Å². The molecule has 1 aliphatic heterocycles. The zero-order valence-electron chi connectivity index (χ0n) is 6.80. The Morgan fingerprint density at radius 2 is 1.64 bits per heavy atom. The van der Waals surface area contributed by atoms with Crippen molar-refractivity contribution >= 4 is 18.4 Å². The van der Waals surface area contributed by atoms with E-state index in [2.05, 4.69) is 5.32 Å². The van der Waals surface area contributed by atoms with Crippen LogP contribution in [0.15, 0.2) is 0 Å². The lowest BCUT2D eigenvalue weighted by Crippen LogP contribution is -2.21. The third-order valence-corrected chi connectivity index (χ3v) is 1.21. The molecule has 1 rings (SSSR count). The molecule has 0 unspecified atom stereocenters. The zero-order valence-corrected chi connectivity index (χ0v) is 7.62. The van der Waals surface area contributed by atoms with Crippen LogP contribution in [0.2, 0.25) is 0 Å². The van der Waals surface area contributed by atoms with E-state index in [9.17, 15) is 0 Å².